The molecule has 0 bridgehead atoms. The lowest BCUT2D eigenvalue weighted by Gasteiger charge is -1.97. The Kier molecular flexibility index (Phi) is 2.78. The fourth-order valence-electron chi connectivity index (χ4n) is 1.44. The molecule has 0 saturated carbocycles. The van der Waals surface area contributed by atoms with Crippen molar-refractivity contribution < 1.29 is 4.79 Å². The maximum absolute atomic E-state index is 11.3. The Bertz CT molecular complexity index is 548. The van der Waals surface area contributed by atoms with Crippen molar-refractivity contribution in [1.82, 2.24) is 15.0 Å². The van der Waals surface area contributed by atoms with Crippen LogP contribution in [0.3, 0.4) is 0 Å². The third-order valence-electron chi connectivity index (χ3n) is 2.26. The van der Waals surface area contributed by atoms with Crippen LogP contribution in [0.25, 0.3) is 10.6 Å². The molecule has 2 heterocycles. The van der Waals surface area contributed by atoms with Gasteiger partial charge in [0.2, 0.25) is 0 Å². The van der Waals surface area contributed by atoms with Crippen molar-refractivity contribution in [2.75, 3.05) is 0 Å². The summed E-state index contributed by atoms with van der Waals surface area (Å²) in [5, 5.41) is 0.806. The highest BCUT2D eigenvalue weighted by molar-refractivity contribution is 7.17. The third kappa shape index (κ3) is 1.86. The summed E-state index contributed by atoms with van der Waals surface area (Å²) in [6.45, 7) is 5.30. The molecule has 0 aliphatic heterocycles. The number of aromatic nitrogens is 3. The van der Waals surface area contributed by atoms with E-state index >= 15 is 0 Å². The van der Waals surface area contributed by atoms with Crippen molar-refractivity contribution in [3.63, 3.8) is 0 Å². The number of Topliss-reactive ketones (excluding diaryl/α,β-unsaturated/α-hetero) is 1. The second kappa shape index (κ2) is 4.09. The van der Waals surface area contributed by atoms with Crippen molar-refractivity contribution in [2.24, 2.45) is 0 Å². The Hall–Kier alpha value is -1.62. The molecule has 0 aliphatic rings. The number of rotatable bonds is 2. The van der Waals surface area contributed by atoms with Crippen molar-refractivity contribution >= 4 is 17.1 Å². The van der Waals surface area contributed by atoms with Crippen LogP contribution in [0, 0.1) is 13.8 Å². The van der Waals surface area contributed by atoms with Crippen molar-refractivity contribution in [3.8, 4) is 10.6 Å². The summed E-state index contributed by atoms with van der Waals surface area (Å²) in [6, 6.07) is 0. The predicted molar refractivity (Wildman–Crippen MR) is 62.6 cm³/mol. The molecular formula is C11H11N3OS. The number of carbonyl (C=O) groups is 1. The van der Waals surface area contributed by atoms with Gasteiger partial charge in [-0.3, -0.25) is 4.79 Å². The van der Waals surface area contributed by atoms with E-state index in [-0.39, 0.29) is 5.78 Å². The summed E-state index contributed by atoms with van der Waals surface area (Å²) in [6.07, 6.45) is 3.23. The number of thiazole rings is 1. The molecule has 0 saturated heterocycles. The fourth-order valence-corrected chi connectivity index (χ4v) is 2.46. The number of nitrogens with zero attached hydrogens (tertiary/aromatic N) is 3. The first kappa shape index (κ1) is 10.9. The summed E-state index contributed by atoms with van der Waals surface area (Å²) in [5.74, 6) is 0.0516. The van der Waals surface area contributed by atoms with Gasteiger partial charge in [0, 0.05) is 13.1 Å². The van der Waals surface area contributed by atoms with E-state index in [2.05, 4.69) is 15.0 Å². The molecule has 0 spiro atoms. The molecule has 0 unspecified atom stereocenters. The second-order valence-corrected chi connectivity index (χ2v) is 4.51. The smallest absolute Gasteiger partial charge is 0.171 e. The minimum absolute atomic E-state index is 0.0516. The lowest BCUT2D eigenvalue weighted by molar-refractivity contribution is 0.102. The Morgan fingerprint density at radius 2 is 2.06 bits per heavy atom. The van der Waals surface area contributed by atoms with Crippen molar-refractivity contribution in [3.05, 3.63) is 28.8 Å². The summed E-state index contributed by atoms with van der Waals surface area (Å²) in [7, 11) is 0. The molecule has 0 fully saturated rings. The summed E-state index contributed by atoms with van der Waals surface area (Å²) in [5.41, 5.74) is 2.54. The monoisotopic (exact) mass is 233 g/mol. The molecule has 0 aromatic carbocycles. The molecule has 2 aromatic rings. The van der Waals surface area contributed by atoms with Crippen LogP contribution in [0.4, 0.5) is 0 Å². The van der Waals surface area contributed by atoms with Crippen LogP contribution in [0.15, 0.2) is 12.5 Å². The van der Waals surface area contributed by atoms with E-state index in [0.717, 1.165) is 22.0 Å². The zero-order valence-corrected chi connectivity index (χ0v) is 10.1. The predicted octanol–water partition coefficient (Wildman–Crippen LogP) is 2.42. The summed E-state index contributed by atoms with van der Waals surface area (Å²) < 4.78 is 0. The molecule has 5 heteroatoms. The molecular weight excluding hydrogens is 222 g/mol. The van der Waals surface area contributed by atoms with Gasteiger partial charge in [0.05, 0.1) is 21.8 Å². The quantitative estimate of drug-likeness (QED) is 0.747. The standard InChI is InChI=1S/C11H11N3OS/c1-6-9(4-12-5-13-6)11-14-7(2)10(16-11)8(3)15/h4-5H,1-3H3. The first-order valence-electron chi connectivity index (χ1n) is 4.85. The average Bonchev–Trinajstić information content (AvgIpc) is 2.61. The first-order valence-corrected chi connectivity index (χ1v) is 5.66. The van der Waals surface area contributed by atoms with Crippen molar-refractivity contribution in [2.45, 2.75) is 20.8 Å². The molecule has 0 atom stereocenters. The molecule has 2 aromatic heterocycles. The van der Waals surface area contributed by atoms with Gasteiger partial charge in [-0.25, -0.2) is 15.0 Å². The largest absolute Gasteiger partial charge is 0.294 e. The van der Waals surface area contributed by atoms with Crippen molar-refractivity contribution in [1.29, 1.82) is 0 Å². The molecule has 0 aliphatic carbocycles. The molecule has 4 nitrogen and oxygen atoms in total. The van der Waals surface area contributed by atoms with Crippen LogP contribution in [0.2, 0.25) is 0 Å². The van der Waals surface area contributed by atoms with Crippen LogP contribution in [0.5, 0.6) is 0 Å². The van der Waals surface area contributed by atoms with E-state index < -0.39 is 0 Å². The minimum Gasteiger partial charge on any atom is -0.294 e. The number of aryl methyl sites for hydroxylation is 2. The second-order valence-electron chi connectivity index (χ2n) is 3.51. The number of carbonyl (C=O) groups excluding carboxylic acids is 1. The maximum atomic E-state index is 11.3. The molecule has 2 rings (SSSR count). The molecule has 0 radical (unpaired) electrons. The van der Waals surface area contributed by atoms with Crippen LogP contribution in [-0.4, -0.2) is 20.7 Å². The van der Waals surface area contributed by atoms with Gasteiger partial charge in [-0.1, -0.05) is 0 Å². The number of hydrogen-bond acceptors (Lipinski definition) is 5. The summed E-state index contributed by atoms with van der Waals surface area (Å²) >= 11 is 1.39. The number of hydrogen-bond donors (Lipinski definition) is 0. The number of ketones is 1. The zero-order valence-electron chi connectivity index (χ0n) is 9.31. The zero-order chi connectivity index (χ0) is 11.7. The Morgan fingerprint density at radius 3 is 2.62 bits per heavy atom. The van der Waals surface area contributed by atoms with Crippen LogP contribution in [0.1, 0.15) is 28.0 Å². The topological polar surface area (TPSA) is 55.7 Å². The SMILES string of the molecule is CC(=O)c1sc(-c2cncnc2C)nc1C. The van der Waals surface area contributed by atoms with Crippen LogP contribution in [-0.2, 0) is 0 Å². The van der Waals surface area contributed by atoms with Crippen LogP contribution >= 0.6 is 11.3 Å². The highest BCUT2D eigenvalue weighted by Crippen LogP contribution is 2.28. The van der Waals surface area contributed by atoms with E-state index in [1.165, 1.54) is 17.7 Å². The third-order valence-corrected chi connectivity index (χ3v) is 3.55. The first-order chi connectivity index (χ1) is 7.59. The normalized spacial score (nSPS) is 10.4. The lowest BCUT2D eigenvalue weighted by Crippen LogP contribution is -1.89. The van der Waals surface area contributed by atoms with E-state index in [1.54, 1.807) is 13.1 Å². The molecule has 82 valence electrons. The van der Waals surface area contributed by atoms with Gasteiger partial charge >= 0.3 is 0 Å². The van der Waals surface area contributed by atoms with Gasteiger partial charge < -0.3 is 0 Å². The van der Waals surface area contributed by atoms with E-state index in [1.807, 2.05) is 13.8 Å². The van der Waals surface area contributed by atoms with Gasteiger partial charge in [0.1, 0.15) is 11.3 Å². The van der Waals surface area contributed by atoms with E-state index in [4.69, 9.17) is 0 Å². The average molecular weight is 233 g/mol. The van der Waals surface area contributed by atoms with E-state index in [0.29, 0.717) is 4.88 Å². The Morgan fingerprint density at radius 1 is 1.31 bits per heavy atom. The van der Waals surface area contributed by atoms with E-state index in [9.17, 15) is 4.79 Å². The van der Waals surface area contributed by atoms with Gasteiger partial charge in [-0.15, -0.1) is 11.3 Å². The Balaban J connectivity index is 2.54. The Labute approximate surface area is 97.4 Å². The molecule has 0 N–H and O–H groups in total. The highest BCUT2D eigenvalue weighted by Gasteiger charge is 2.14. The van der Waals surface area contributed by atoms with Gasteiger partial charge in [0.25, 0.3) is 0 Å². The maximum Gasteiger partial charge on any atom is 0.171 e. The summed E-state index contributed by atoms with van der Waals surface area (Å²) in [4.78, 5) is 24.5. The highest BCUT2D eigenvalue weighted by atomic mass is 32.1. The van der Waals surface area contributed by atoms with Crippen LogP contribution < -0.4 is 0 Å². The van der Waals surface area contributed by atoms with Gasteiger partial charge in [0.15, 0.2) is 5.78 Å². The molecule has 16 heavy (non-hydrogen) atoms. The minimum atomic E-state index is 0.0516. The molecule has 0 amide bonds. The fraction of sp³-hybridized carbons (Fsp3) is 0.273. The van der Waals surface area contributed by atoms with Gasteiger partial charge in [-0.2, -0.15) is 0 Å². The van der Waals surface area contributed by atoms with Gasteiger partial charge in [-0.05, 0) is 13.8 Å². The lowest BCUT2D eigenvalue weighted by atomic mass is 10.2.